The van der Waals surface area contributed by atoms with E-state index in [1.807, 2.05) is 4.90 Å². The summed E-state index contributed by atoms with van der Waals surface area (Å²) in [6.45, 7) is 5.63. The predicted octanol–water partition coefficient (Wildman–Crippen LogP) is 1.75. The fourth-order valence-electron chi connectivity index (χ4n) is 2.61. The number of carbonyl (C=O) groups is 1. The van der Waals surface area contributed by atoms with Crippen LogP contribution in [0, 0.1) is 6.92 Å². The molecule has 2 heterocycles. The lowest BCUT2D eigenvalue weighted by Gasteiger charge is -2.28. The van der Waals surface area contributed by atoms with Crippen LogP contribution in [0.1, 0.15) is 12.7 Å². The Labute approximate surface area is 138 Å². The normalized spacial score (nSPS) is 15.6. The van der Waals surface area contributed by atoms with Crippen molar-refractivity contribution >= 4 is 28.3 Å². The van der Waals surface area contributed by atoms with Crippen molar-refractivity contribution in [1.82, 2.24) is 4.90 Å². The number of aryl methyl sites for hydroxylation is 1. The molecule has 0 aliphatic carbocycles. The lowest BCUT2D eigenvalue weighted by molar-refractivity contribution is -0.112. The Morgan fingerprint density at radius 1 is 1.25 bits per heavy atom. The number of hydrogen-bond donors (Lipinski definition) is 1. The molecule has 7 heteroatoms. The molecule has 1 fully saturated rings. The van der Waals surface area contributed by atoms with Crippen LogP contribution in [0.15, 0.2) is 38.6 Å². The monoisotopic (exact) mass is 329 g/mol. The van der Waals surface area contributed by atoms with E-state index in [2.05, 4.69) is 10.5 Å². The highest BCUT2D eigenvalue weighted by atomic mass is 16.5. The number of anilines is 1. The number of ether oxygens (including phenoxy) is 1. The summed E-state index contributed by atoms with van der Waals surface area (Å²) in [7, 11) is 0. The highest BCUT2D eigenvalue weighted by molar-refractivity contribution is 6.37. The number of hydrogen-bond acceptors (Lipinski definition) is 6. The molecule has 0 bridgehead atoms. The number of morpholine rings is 1. The van der Waals surface area contributed by atoms with Crippen molar-refractivity contribution in [3.8, 4) is 0 Å². The quantitative estimate of drug-likeness (QED) is 0.525. The number of ketones is 1. The fraction of sp³-hybridized carbons (Fsp3) is 0.353. The Bertz CT molecular complexity index is 851. The lowest BCUT2D eigenvalue weighted by Crippen LogP contribution is -2.44. The molecule has 0 amide bonds. The summed E-state index contributed by atoms with van der Waals surface area (Å²) in [5.41, 5.74) is 3.92. The lowest BCUT2D eigenvalue weighted by atomic mass is 10.2. The number of Topliss-reactive ketones (excluding diaryl/α,β-unsaturated/α-hetero) is 1. The van der Waals surface area contributed by atoms with E-state index < -0.39 is 0 Å². The minimum atomic E-state index is -0.118. The van der Waals surface area contributed by atoms with Gasteiger partial charge in [0.2, 0.25) is 0 Å². The minimum Gasteiger partial charge on any atom is -0.461 e. The van der Waals surface area contributed by atoms with E-state index in [9.17, 15) is 9.59 Å². The second-order valence-electron chi connectivity index (χ2n) is 5.64. The topological polar surface area (TPSA) is 84.1 Å². The highest BCUT2D eigenvalue weighted by Gasteiger charge is 2.18. The first kappa shape index (κ1) is 16.2. The summed E-state index contributed by atoms with van der Waals surface area (Å²) >= 11 is 0. The zero-order valence-electron chi connectivity index (χ0n) is 13.7. The van der Waals surface area contributed by atoms with Crippen molar-refractivity contribution in [3.05, 3.63) is 40.2 Å². The Hall–Kier alpha value is -2.67. The second kappa shape index (κ2) is 6.84. The molecule has 0 radical (unpaired) electrons. The molecule has 1 aromatic heterocycles. The van der Waals surface area contributed by atoms with Gasteiger partial charge < -0.3 is 14.1 Å². The Balaban J connectivity index is 1.87. The summed E-state index contributed by atoms with van der Waals surface area (Å²) in [5.74, 6) is 0.794. The number of benzene rings is 1. The third-order valence-corrected chi connectivity index (χ3v) is 3.77. The van der Waals surface area contributed by atoms with Crippen LogP contribution in [0.25, 0.3) is 11.0 Å². The zero-order valence-corrected chi connectivity index (χ0v) is 13.7. The SMILES string of the molecule is CC(=O)/C(=N/Nc1ccc2c(=O)cc(C)oc2c1)N1CCOCC1. The van der Waals surface area contributed by atoms with Crippen LogP contribution in [-0.2, 0) is 9.53 Å². The minimum absolute atomic E-state index is 0.0819. The van der Waals surface area contributed by atoms with Crippen LogP contribution in [0.3, 0.4) is 0 Å². The van der Waals surface area contributed by atoms with Crippen molar-refractivity contribution in [1.29, 1.82) is 0 Å². The van der Waals surface area contributed by atoms with Crippen LogP contribution in [0.2, 0.25) is 0 Å². The van der Waals surface area contributed by atoms with Gasteiger partial charge in [0.25, 0.3) is 0 Å². The Kier molecular flexibility index (Phi) is 4.61. The van der Waals surface area contributed by atoms with Gasteiger partial charge in [0, 0.05) is 32.1 Å². The summed E-state index contributed by atoms with van der Waals surface area (Å²) in [5, 5.41) is 4.75. The average Bonchev–Trinajstić information content (AvgIpc) is 2.55. The molecule has 1 saturated heterocycles. The van der Waals surface area contributed by atoms with Crippen molar-refractivity contribution in [2.45, 2.75) is 13.8 Å². The molecule has 0 atom stereocenters. The van der Waals surface area contributed by atoms with Gasteiger partial charge in [0.15, 0.2) is 17.0 Å². The van der Waals surface area contributed by atoms with Gasteiger partial charge in [0.05, 0.1) is 24.3 Å². The molecule has 0 saturated carbocycles. The first-order valence-electron chi connectivity index (χ1n) is 7.76. The zero-order chi connectivity index (χ0) is 17.1. The summed E-state index contributed by atoms with van der Waals surface area (Å²) in [4.78, 5) is 25.6. The van der Waals surface area contributed by atoms with E-state index in [0.29, 0.717) is 54.6 Å². The van der Waals surface area contributed by atoms with Crippen LogP contribution in [-0.4, -0.2) is 42.8 Å². The molecule has 1 aromatic carbocycles. The van der Waals surface area contributed by atoms with Gasteiger partial charge in [0.1, 0.15) is 11.3 Å². The molecule has 2 aromatic rings. The number of nitrogens with one attached hydrogen (secondary N) is 1. The molecule has 126 valence electrons. The molecule has 0 unspecified atom stereocenters. The number of nitrogens with zero attached hydrogens (tertiary/aromatic N) is 2. The standard InChI is InChI=1S/C17H19N3O4/c1-11-9-15(22)14-4-3-13(10-16(14)24-11)18-19-17(12(2)21)20-5-7-23-8-6-20/h3-4,9-10,18H,5-8H2,1-2H3/b19-17-. The van der Waals surface area contributed by atoms with Gasteiger partial charge in [-0.05, 0) is 19.1 Å². The van der Waals surface area contributed by atoms with Gasteiger partial charge in [-0.2, -0.15) is 5.10 Å². The third-order valence-electron chi connectivity index (χ3n) is 3.77. The molecule has 1 N–H and O–H groups in total. The van der Waals surface area contributed by atoms with Crippen molar-refractivity contribution < 1.29 is 13.9 Å². The third kappa shape index (κ3) is 3.46. The number of amidine groups is 1. The van der Waals surface area contributed by atoms with Gasteiger partial charge in [-0.3, -0.25) is 15.0 Å². The van der Waals surface area contributed by atoms with E-state index in [1.54, 1.807) is 25.1 Å². The number of rotatable bonds is 3. The van der Waals surface area contributed by atoms with Crippen molar-refractivity contribution in [2.75, 3.05) is 31.7 Å². The molecule has 7 nitrogen and oxygen atoms in total. The second-order valence-corrected chi connectivity index (χ2v) is 5.64. The smallest absolute Gasteiger partial charge is 0.196 e. The summed E-state index contributed by atoms with van der Waals surface area (Å²) in [6, 6.07) is 6.57. The molecular weight excluding hydrogens is 310 g/mol. The summed E-state index contributed by atoms with van der Waals surface area (Å²) < 4.78 is 10.9. The molecule has 1 aliphatic heterocycles. The molecular formula is C17H19N3O4. The maximum absolute atomic E-state index is 11.9. The Morgan fingerprint density at radius 3 is 2.71 bits per heavy atom. The van der Waals surface area contributed by atoms with Crippen LogP contribution in [0.4, 0.5) is 5.69 Å². The first-order chi connectivity index (χ1) is 11.5. The van der Waals surface area contributed by atoms with Crippen LogP contribution < -0.4 is 10.9 Å². The molecule has 3 rings (SSSR count). The number of carbonyl (C=O) groups excluding carboxylic acids is 1. The van der Waals surface area contributed by atoms with Crippen molar-refractivity contribution in [3.63, 3.8) is 0 Å². The number of fused-ring (bicyclic) bond motifs is 1. The fourth-order valence-corrected chi connectivity index (χ4v) is 2.61. The molecule has 0 spiro atoms. The van der Waals surface area contributed by atoms with E-state index in [4.69, 9.17) is 9.15 Å². The summed E-state index contributed by atoms with van der Waals surface area (Å²) in [6.07, 6.45) is 0. The van der Waals surface area contributed by atoms with E-state index in [0.717, 1.165) is 0 Å². The first-order valence-corrected chi connectivity index (χ1v) is 7.76. The van der Waals surface area contributed by atoms with Crippen molar-refractivity contribution in [2.24, 2.45) is 5.10 Å². The van der Waals surface area contributed by atoms with Gasteiger partial charge >= 0.3 is 0 Å². The van der Waals surface area contributed by atoms with Crippen LogP contribution in [0.5, 0.6) is 0 Å². The van der Waals surface area contributed by atoms with Gasteiger partial charge in [-0.1, -0.05) is 0 Å². The largest absolute Gasteiger partial charge is 0.461 e. The predicted molar refractivity (Wildman–Crippen MR) is 91.4 cm³/mol. The highest BCUT2D eigenvalue weighted by Crippen LogP contribution is 2.18. The molecule has 1 aliphatic rings. The van der Waals surface area contributed by atoms with Gasteiger partial charge in [-0.15, -0.1) is 0 Å². The average molecular weight is 329 g/mol. The van der Waals surface area contributed by atoms with E-state index >= 15 is 0 Å². The Morgan fingerprint density at radius 2 is 2.00 bits per heavy atom. The van der Waals surface area contributed by atoms with E-state index in [1.165, 1.54) is 13.0 Å². The van der Waals surface area contributed by atoms with Gasteiger partial charge in [-0.25, -0.2) is 0 Å². The number of hydrazone groups is 1. The van der Waals surface area contributed by atoms with Crippen LogP contribution >= 0.6 is 0 Å². The maximum Gasteiger partial charge on any atom is 0.196 e. The van der Waals surface area contributed by atoms with E-state index in [-0.39, 0.29) is 11.2 Å². The maximum atomic E-state index is 11.9. The molecule has 24 heavy (non-hydrogen) atoms.